The predicted molar refractivity (Wildman–Crippen MR) is 89.7 cm³/mol. The van der Waals surface area contributed by atoms with Crippen molar-refractivity contribution >= 4 is 18.6 Å². The van der Waals surface area contributed by atoms with Crippen LogP contribution in [0.4, 0.5) is 0 Å². The van der Waals surface area contributed by atoms with Gasteiger partial charge in [0.1, 0.15) is 0 Å². The Morgan fingerprint density at radius 2 is 1.43 bits per heavy atom. The van der Waals surface area contributed by atoms with Crippen LogP contribution in [-0.4, -0.2) is 0 Å². The molecule has 2 atom stereocenters. The van der Waals surface area contributed by atoms with E-state index in [1.165, 1.54) is 64.2 Å². The van der Waals surface area contributed by atoms with Gasteiger partial charge in [-0.15, -0.1) is 0 Å². The van der Waals surface area contributed by atoms with Crippen LogP contribution in [0, 0.1) is 28.6 Å². The molecule has 21 heavy (non-hydrogen) atoms. The first-order valence-corrected chi connectivity index (χ1v) is 13.0. The maximum absolute atomic E-state index is 4.89. The summed E-state index contributed by atoms with van der Waals surface area (Å²) >= 11 is -0.556. The second-order valence-corrected chi connectivity index (χ2v) is 10.4. The molecule has 4 rings (SSSR count). The van der Waals surface area contributed by atoms with Gasteiger partial charge in [0, 0.05) is 0 Å². The van der Waals surface area contributed by atoms with Crippen molar-refractivity contribution in [3.63, 3.8) is 0 Å². The maximum atomic E-state index is 4.89. The molecule has 4 aliphatic carbocycles. The van der Waals surface area contributed by atoms with Crippen molar-refractivity contribution in [2.75, 3.05) is 0 Å². The van der Waals surface area contributed by atoms with Crippen LogP contribution in [0.25, 0.3) is 0 Å². The quantitative estimate of drug-likeness (QED) is 0.402. The van der Waals surface area contributed by atoms with Crippen LogP contribution in [0.3, 0.4) is 0 Å². The Balaban J connectivity index is 0.000000169. The summed E-state index contributed by atoms with van der Waals surface area (Å²) in [6, 6.07) is 0. The van der Waals surface area contributed by atoms with Crippen LogP contribution < -0.4 is 0 Å². The molecule has 4 fully saturated rings. The fraction of sp³-hybridized carbons (Fsp3) is 0.889. The zero-order valence-corrected chi connectivity index (χ0v) is 17.0. The Morgan fingerprint density at radius 1 is 0.905 bits per heavy atom. The monoisotopic (exact) mass is 364 g/mol. The van der Waals surface area contributed by atoms with Gasteiger partial charge in [0.2, 0.25) is 0 Å². The van der Waals surface area contributed by atoms with E-state index in [-0.39, 0.29) is 0 Å². The molecule has 0 nitrogen and oxygen atoms in total. The summed E-state index contributed by atoms with van der Waals surface area (Å²) in [7, 11) is 9.78. The zero-order chi connectivity index (χ0) is 15.5. The number of hydrogen-bond acceptors (Lipinski definition) is 0. The van der Waals surface area contributed by atoms with Gasteiger partial charge in [0.05, 0.1) is 0 Å². The summed E-state index contributed by atoms with van der Waals surface area (Å²) in [5.74, 6) is 4.72. The van der Waals surface area contributed by atoms with Gasteiger partial charge in [0.25, 0.3) is 0 Å². The average Bonchev–Trinajstić information content (AvgIpc) is 3.18. The van der Waals surface area contributed by atoms with Gasteiger partial charge in [-0.1, -0.05) is 59.3 Å². The van der Waals surface area contributed by atoms with Crippen molar-refractivity contribution in [1.82, 2.24) is 0 Å². The third kappa shape index (κ3) is 3.54. The molecule has 3 heteroatoms. The summed E-state index contributed by atoms with van der Waals surface area (Å²) in [5.41, 5.74) is 1.17. The Labute approximate surface area is 148 Å². The molecule has 0 spiro atoms. The average molecular weight is 365 g/mol. The molecular weight excluding hydrogens is 335 g/mol. The Bertz CT molecular complexity index is 318. The van der Waals surface area contributed by atoms with E-state index in [0.717, 1.165) is 5.92 Å². The molecule has 2 bridgehead atoms. The molecule has 120 valence electrons. The first kappa shape index (κ1) is 18.6. The first-order chi connectivity index (χ1) is 9.99. The second-order valence-electron chi connectivity index (χ2n) is 7.84. The standard InChI is InChI=1S/C13H20.C5H10.2ClH.Ti/c1-12(2)10-7-8-13(12,3)11-6-4-5-9(10)11;1-2-4-5-3-1;;;/h10H,4-8H2,1-3H3;1-5H2;2*1H;/q;;;;+2/p-2. The molecule has 2 radical (unpaired) electrons. The molecule has 0 amide bonds. The summed E-state index contributed by atoms with van der Waals surface area (Å²) in [5, 5.41) is 0. The minimum atomic E-state index is -0.556. The number of fused-ring (bicyclic) bond motifs is 5. The van der Waals surface area contributed by atoms with E-state index in [4.69, 9.17) is 18.6 Å². The molecule has 0 aromatic heterocycles. The molecule has 0 heterocycles. The molecule has 4 aliphatic rings. The van der Waals surface area contributed by atoms with Crippen molar-refractivity contribution in [3.05, 3.63) is 11.8 Å². The second kappa shape index (κ2) is 7.91. The van der Waals surface area contributed by atoms with E-state index in [0.29, 0.717) is 10.8 Å². The Kier molecular flexibility index (Phi) is 7.02. The Hall–Kier alpha value is 1.29. The fourth-order valence-electron chi connectivity index (χ4n) is 5.32. The topological polar surface area (TPSA) is 0 Å². The van der Waals surface area contributed by atoms with Crippen molar-refractivity contribution in [3.8, 4) is 0 Å². The summed E-state index contributed by atoms with van der Waals surface area (Å²) < 4.78 is 0. The number of hydrogen-bond donors (Lipinski definition) is 0. The SMILES string of the molecule is C1CCCC1.CC12CCC([C]3CCC[C]31)C2(C)C.[Cl][Ti][Cl]. The molecule has 0 saturated heterocycles. The normalized spacial score (nSPS) is 36.5. The molecule has 4 saturated carbocycles. The van der Waals surface area contributed by atoms with E-state index in [1.807, 2.05) is 11.8 Å². The van der Waals surface area contributed by atoms with Gasteiger partial charge >= 0.3 is 35.6 Å². The number of halogens is 2. The van der Waals surface area contributed by atoms with E-state index in [1.54, 1.807) is 0 Å². The first-order valence-electron chi connectivity index (χ1n) is 8.67. The third-order valence-corrected chi connectivity index (χ3v) is 6.82. The van der Waals surface area contributed by atoms with Gasteiger partial charge < -0.3 is 0 Å². The van der Waals surface area contributed by atoms with Crippen molar-refractivity contribution in [1.29, 1.82) is 0 Å². The molecule has 2 unspecified atom stereocenters. The zero-order valence-electron chi connectivity index (χ0n) is 13.9. The molecule has 0 aromatic carbocycles. The van der Waals surface area contributed by atoms with Crippen LogP contribution in [-0.2, 0) is 17.0 Å². The van der Waals surface area contributed by atoms with Crippen LogP contribution in [0.1, 0.15) is 85.0 Å². The van der Waals surface area contributed by atoms with Gasteiger partial charge in [-0.2, -0.15) is 0 Å². The Morgan fingerprint density at radius 3 is 1.90 bits per heavy atom. The van der Waals surface area contributed by atoms with Crippen molar-refractivity contribution in [2.24, 2.45) is 16.7 Å². The van der Waals surface area contributed by atoms with Crippen molar-refractivity contribution in [2.45, 2.75) is 85.0 Å². The number of rotatable bonds is 0. The minimum absolute atomic E-state index is 0.556. The fourth-order valence-corrected chi connectivity index (χ4v) is 5.32. The van der Waals surface area contributed by atoms with Crippen LogP contribution in [0.5, 0.6) is 0 Å². The van der Waals surface area contributed by atoms with E-state index in [9.17, 15) is 0 Å². The van der Waals surface area contributed by atoms with E-state index >= 15 is 0 Å². The third-order valence-electron chi connectivity index (χ3n) is 6.82. The molecule has 0 aromatic rings. The van der Waals surface area contributed by atoms with Crippen LogP contribution in [0.15, 0.2) is 0 Å². The molecule has 0 aliphatic heterocycles. The summed E-state index contributed by atoms with van der Waals surface area (Å²) in [6.07, 6.45) is 14.7. The van der Waals surface area contributed by atoms with Crippen LogP contribution in [0.2, 0.25) is 0 Å². The van der Waals surface area contributed by atoms with Gasteiger partial charge in [0.15, 0.2) is 0 Å². The molecule has 0 N–H and O–H groups in total. The van der Waals surface area contributed by atoms with Crippen LogP contribution >= 0.6 is 18.6 Å². The van der Waals surface area contributed by atoms with Gasteiger partial charge in [-0.25, -0.2) is 0 Å². The van der Waals surface area contributed by atoms with Crippen molar-refractivity contribution < 1.29 is 17.0 Å². The summed E-state index contributed by atoms with van der Waals surface area (Å²) in [4.78, 5) is 0. The predicted octanol–water partition coefficient (Wildman–Crippen LogP) is 7.10. The van der Waals surface area contributed by atoms with Gasteiger partial charge in [-0.3, -0.25) is 0 Å². The van der Waals surface area contributed by atoms with Gasteiger partial charge in [-0.05, 0) is 54.3 Å². The molecular formula is C18H30Cl2Ti. The van der Waals surface area contributed by atoms with E-state index in [2.05, 4.69) is 20.8 Å². The van der Waals surface area contributed by atoms with E-state index < -0.39 is 17.0 Å². The summed E-state index contributed by atoms with van der Waals surface area (Å²) in [6.45, 7) is 7.53.